The molecule has 0 bridgehead atoms. The molecule has 0 aliphatic carbocycles. The molecule has 1 rings (SSSR count). The first-order valence-electron chi connectivity index (χ1n) is 4.73. The Morgan fingerprint density at radius 3 is 2.73 bits per heavy atom. The molecule has 0 aliphatic heterocycles. The van der Waals surface area contributed by atoms with Crippen molar-refractivity contribution in [3.63, 3.8) is 0 Å². The molecule has 0 heterocycles. The van der Waals surface area contributed by atoms with Crippen LogP contribution in [0.2, 0.25) is 0 Å². The molecule has 0 radical (unpaired) electrons. The van der Waals surface area contributed by atoms with Crippen LogP contribution in [0.3, 0.4) is 0 Å². The third kappa shape index (κ3) is 2.70. The molecule has 0 saturated heterocycles. The van der Waals surface area contributed by atoms with Gasteiger partial charge in [-0.3, -0.25) is 4.79 Å². The van der Waals surface area contributed by atoms with Crippen LogP contribution in [-0.2, 0) is 4.79 Å². The summed E-state index contributed by atoms with van der Waals surface area (Å²) in [6.45, 7) is 1.67. The molecule has 0 saturated carbocycles. The van der Waals surface area contributed by atoms with Crippen LogP contribution in [0.4, 0.5) is 5.69 Å². The minimum atomic E-state index is -0.499. The predicted molar refractivity (Wildman–Crippen MR) is 60.1 cm³/mol. The highest BCUT2D eigenvalue weighted by atomic mass is 16.5. The van der Waals surface area contributed by atoms with Crippen molar-refractivity contribution < 1.29 is 9.53 Å². The Kier molecular flexibility index (Phi) is 3.68. The first kappa shape index (κ1) is 11.5. The molecule has 82 valence electrons. The molecule has 1 aromatic carbocycles. The van der Waals surface area contributed by atoms with E-state index < -0.39 is 6.04 Å². The number of hydrogen-bond acceptors (Lipinski definition) is 3. The number of hydrogen-bond donors (Lipinski definition) is 1. The predicted octanol–water partition coefficient (Wildman–Crippen LogP) is 1.01. The zero-order valence-electron chi connectivity index (χ0n) is 9.23. The van der Waals surface area contributed by atoms with Gasteiger partial charge >= 0.3 is 0 Å². The lowest BCUT2D eigenvalue weighted by molar-refractivity contribution is -0.119. The summed E-state index contributed by atoms with van der Waals surface area (Å²) < 4.78 is 5.08. The summed E-state index contributed by atoms with van der Waals surface area (Å²) in [5.41, 5.74) is 6.30. The zero-order chi connectivity index (χ0) is 11.4. The first-order valence-corrected chi connectivity index (χ1v) is 4.73. The first-order chi connectivity index (χ1) is 7.06. The molecule has 0 aromatic heterocycles. The van der Waals surface area contributed by atoms with Crippen molar-refractivity contribution in [2.75, 3.05) is 19.1 Å². The van der Waals surface area contributed by atoms with Crippen LogP contribution in [0, 0.1) is 0 Å². The smallest absolute Gasteiger partial charge is 0.243 e. The molecule has 1 aromatic rings. The summed E-state index contributed by atoms with van der Waals surface area (Å²) in [5.74, 6) is 0.597. The molecule has 0 unspecified atom stereocenters. The van der Waals surface area contributed by atoms with Crippen LogP contribution in [0.5, 0.6) is 5.75 Å². The van der Waals surface area contributed by atoms with Crippen LogP contribution in [0.25, 0.3) is 0 Å². The van der Waals surface area contributed by atoms with Crippen LogP contribution < -0.4 is 15.4 Å². The van der Waals surface area contributed by atoms with Gasteiger partial charge in [-0.15, -0.1) is 0 Å². The van der Waals surface area contributed by atoms with E-state index in [2.05, 4.69) is 0 Å². The highest BCUT2D eigenvalue weighted by molar-refractivity contribution is 5.96. The van der Waals surface area contributed by atoms with Gasteiger partial charge in [-0.25, -0.2) is 0 Å². The number of benzene rings is 1. The Balaban J connectivity index is 2.90. The van der Waals surface area contributed by atoms with E-state index in [1.807, 2.05) is 18.2 Å². The van der Waals surface area contributed by atoms with Crippen molar-refractivity contribution in [3.05, 3.63) is 24.3 Å². The number of carbonyl (C=O) groups excluding carboxylic acids is 1. The number of ether oxygens (including phenoxy) is 1. The summed E-state index contributed by atoms with van der Waals surface area (Å²) in [7, 11) is 3.28. The van der Waals surface area contributed by atoms with Crippen molar-refractivity contribution in [1.82, 2.24) is 0 Å². The topological polar surface area (TPSA) is 55.6 Å². The Labute approximate surface area is 89.6 Å². The fourth-order valence-corrected chi connectivity index (χ4v) is 1.25. The minimum absolute atomic E-state index is 0.122. The number of anilines is 1. The molecular formula is C11H16N2O2. The second kappa shape index (κ2) is 4.79. The minimum Gasteiger partial charge on any atom is -0.497 e. The van der Waals surface area contributed by atoms with Gasteiger partial charge in [0.25, 0.3) is 0 Å². The number of nitrogens with two attached hydrogens (primary N) is 1. The Bertz CT molecular complexity index is 350. The van der Waals surface area contributed by atoms with Gasteiger partial charge < -0.3 is 15.4 Å². The van der Waals surface area contributed by atoms with Gasteiger partial charge in [0.05, 0.1) is 13.2 Å². The second-order valence-electron chi connectivity index (χ2n) is 3.39. The van der Waals surface area contributed by atoms with Crippen LogP contribution in [0.15, 0.2) is 24.3 Å². The van der Waals surface area contributed by atoms with Gasteiger partial charge in [-0.1, -0.05) is 6.07 Å². The number of carbonyl (C=O) groups is 1. The summed E-state index contributed by atoms with van der Waals surface area (Å²) in [4.78, 5) is 13.1. The van der Waals surface area contributed by atoms with E-state index in [-0.39, 0.29) is 5.91 Å². The van der Waals surface area contributed by atoms with E-state index in [4.69, 9.17) is 10.5 Å². The maximum absolute atomic E-state index is 11.6. The van der Waals surface area contributed by atoms with Gasteiger partial charge in [0, 0.05) is 18.8 Å². The van der Waals surface area contributed by atoms with E-state index in [9.17, 15) is 4.79 Å². The van der Waals surface area contributed by atoms with Crippen LogP contribution in [-0.4, -0.2) is 26.1 Å². The van der Waals surface area contributed by atoms with Crippen molar-refractivity contribution in [3.8, 4) is 5.75 Å². The average molecular weight is 208 g/mol. The van der Waals surface area contributed by atoms with Crippen molar-refractivity contribution in [2.45, 2.75) is 13.0 Å². The molecule has 1 amide bonds. The quantitative estimate of drug-likeness (QED) is 0.806. The Morgan fingerprint density at radius 2 is 2.20 bits per heavy atom. The second-order valence-corrected chi connectivity index (χ2v) is 3.39. The molecule has 2 N–H and O–H groups in total. The van der Waals surface area contributed by atoms with E-state index in [1.165, 1.54) is 4.90 Å². The fraction of sp³-hybridized carbons (Fsp3) is 0.364. The Morgan fingerprint density at radius 1 is 1.53 bits per heavy atom. The van der Waals surface area contributed by atoms with Gasteiger partial charge in [-0.2, -0.15) is 0 Å². The van der Waals surface area contributed by atoms with Crippen molar-refractivity contribution >= 4 is 11.6 Å². The molecule has 1 atom stereocenters. The standard InChI is InChI=1S/C11H16N2O2/c1-8(12)11(14)13(2)9-5-4-6-10(7-9)15-3/h4-8H,12H2,1-3H3/t8-/m0/s1. The van der Waals surface area contributed by atoms with E-state index in [0.717, 1.165) is 11.4 Å². The summed E-state index contributed by atoms with van der Waals surface area (Å²) in [6.07, 6.45) is 0. The summed E-state index contributed by atoms with van der Waals surface area (Å²) >= 11 is 0. The van der Waals surface area contributed by atoms with Gasteiger partial charge in [0.15, 0.2) is 0 Å². The largest absolute Gasteiger partial charge is 0.497 e. The van der Waals surface area contributed by atoms with E-state index in [0.29, 0.717) is 0 Å². The van der Waals surface area contributed by atoms with E-state index >= 15 is 0 Å². The molecule has 4 heteroatoms. The molecular weight excluding hydrogens is 192 g/mol. The number of nitrogens with zero attached hydrogens (tertiary/aromatic N) is 1. The third-order valence-electron chi connectivity index (χ3n) is 2.16. The Hall–Kier alpha value is -1.55. The van der Waals surface area contributed by atoms with Gasteiger partial charge in [0.1, 0.15) is 5.75 Å². The lowest BCUT2D eigenvalue weighted by atomic mass is 10.2. The molecule has 4 nitrogen and oxygen atoms in total. The normalized spacial score (nSPS) is 12.0. The maximum atomic E-state index is 11.6. The highest BCUT2D eigenvalue weighted by Crippen LogP contribution is 2.20. The summed E-state index contributed by atoms with van der Waals surface area (Å²) in [5, 5.41) is 0. The van der Waals surface area contributed by atoms with E-state index in [1.54, 1.807) is 27.1 Å². The number of methoxy groups -OCH3 is 1. The number of amides is 1. The van der Waals surface area contributed by atoms with Crippen molar-refractivity contribution in [1.29, 1.82) is 0 Å². The van der Waals surface area contributed by atoms with Crippen LogP contribution >= 0.6 is 0 Å². The average Bonchev–Trinajstić information content (AvgIpc) is 2.27. The molecule has 0 aliphatic rings. The molecule has 0 spiro atoms. The lowest BCUT2D eigenvalue weighted by Crippen LogP contribution is -2.39. The number of rotatable bonds is 3. The molecule has 0 fully saturated rings. The van der Waals surface area contributed by atoms with Crippen LogP contribution in [0.1, 0.15) is 6.92 Å². The lowest BCUT2D eigenvalue weighted by Gasteiger charge is -2.19. The van der Waals surface area contributed by atoms with Gasteiger partial charge in [0.2, 0.25) is 5.91 Å². The highest BCUT2D eigenvalue weighted by Gasteiger charge is 2.14. The number of likely N-dealkylation sites (N-methyl/N-ethyl adjacent to an activating group) is 1. The van der Waals surface area contributed by atoms with Gasteiger partial charge in [-0.05, 0) is 19.1 Å². The monoisotopic (exact) mass is 208 g/mol. The zero-order valence-corrected chi connectivity index (χ0v) is 9.23. The fourth-order valence-electron chi connectivity index (χ4n) is 1.25. The SMILES string of the molecule is COc1cccc(N(C)C(=O)[C@H](C)N)c1. The third-order valence-corrected chi connectivity index (χ3v) is 2.16. The maximum Gasteiger partial charge on any atom is 0.243 e. The molecule has 15 heavy (non-hydrogen) atoms. The van der Waals surface area contributed by atoms with Crippen molar-refractivity contribution in [2.24, 2.45) is 5.73 Å². The summed E-state index contributed by atoms with van der Waals surface area (Å²) in [6, 6.07) is 6.79.